The van der Waals surface area contributed by atoms with Crippen molar-refractivity contribution in [3.63, 3.8) is 0 Å². The predicted octanol–water partition coefficient (Wildman–Crippen LogP) is 4.50. The van der Waals surface area contributed by atoms with E-state index in [-0.39, 0.29) is 28.5 Å². The number of nitrogens with one attached hydrogen (secondary N) is 4. The van der Waals surface area contributed by atoms with Crippen molar-refractivity contribution in [2.45, 2.75) is 37.7 Å². The van der Waals surface area contributed by atoms with Gasteiger partial charge in [-0.25, -0.2) is 29.7 Å². The maximum absolute atomic E-state index is 14.6. The zero-order valence-electron chi connectivity index (χ0n) is 19.2. The van der Waals surface area contributed by atoms with Crippen LogP contribution >= 0.6 is 11.6 Å². The third kappa shape index (κ3) is 6.42. The summed E-state index contributed by atoms with van der Waals surface area (Å²) in [5, 5.41) is 6.41. The molecule has 0 spiro atoms. The molecule has 3 rings (SSSR count). The number of halogens is 6. The third-order valence-corrected chi connectivity index (χ3v) is 5.96. The number of rotatable bonds is 8. The van der Waals surface area contributed by atoms with Gasteiger partial charge in [0.15, 0.2) is 11.9 Å². The van der Waals surface area contributed by atoms with Crippen molar-refractivity contribution in [3.05, 3.63) is 52.4 Å². The first-order chi connectivity index (χ1) is 16.9. The molecule has 2 aromatic rings. The highest BCUT2D eigenvalue weighted by Crippen LogP contribution is 2.36. The number of hydrazine groups is 1. The number of nitrogens with zero attached hydrogens (tertiary/aromatic N) is 4. The predicted molar refractivity (Wildman–Crippen MR) is 121 cm³/mol. The van der Waals surface area contributed by atoms with Gasteiger partial charge in [-0.2, -0.15) is 18.3 Å². The summed E-state index contributed by atoms with van der Waals surface area (Å²) in [7, 11) is 1.54. The van der Waals surface area contributed by atoms with E-state index >= 15 is 0 Å². The Hall–Kier alpha value is -2.97. The Morgan fingerprint density at radius 3 is 2.64 bits per heavy atom. The molecule has 1 saturated heterocycles. The summed E-state index contributed by atoms with van der Waals surface area (Å²) >= 11 is 6.09. The molecule has 2 heterocycles. The van der Waals surface area contributed by atoms with E-state index in [4.69, 9.17) is 17.1 Å². The number of piperidine rings is 1. The van der Waals surface area contributed by atoms with Gasteiger partial charge in [0.1, 0.15) is 5.82 Å². The lowest BCUT2D eigenvalue weighted by atomic mass is 9.87. The minimum Gasteiger partial charge on any atom is -0.367 e. The van der Waals surface area contributed by atoms with Gasteiger partial charge in [0.25, 0.3) is 11.8 Å². The summed E-state index contributed by atoms with van der Waals surface area (Å²) in [5.41, 5.74) is 11.8. The highest BCUT2D eigenvalue weighted by atomic mass is 35.5. The maximum Gasteiger partial charge on any atom is 0.434 e. The summed E-state index contributed by atoms with van der Waals surface area (Å²) in [5.74, 6) is -4.60. The summed E-state index contributed by atoms with van der Waals surface area (Å²) in [6.07, 6.45) is -4.70. The molecule has 1 aromatic carbocycles. The number of aromatic nitrogens is 2. The van der Waals surface area contributed by atoms with Crippen LogP contribution < -0.4 is 16.2 Å². The van der Waals surface area contributed by atoms with Crippen LogP contribution in [0.15, 0.2) is 35.7 Å². The molecule has 15 heteroatoms. The van der Waals surface area contributed by atoms with E-state index in [9.17, 15) is 26.7 Å². The van der Waals surface area contributed by atoms with Gasteiger partial charge in [-0.1, -0.05) is 24.6 Å². The summed E-state index contributed by atoms with van der Waals surface area (Å²) in [6, 6.07) is 3.51. The van der Waals surface area contributed by atoms with Crippen LogP contribution in [0, 0.1) is 11.4 Å². The standard InChI is InChI=1S/C21H24ClF5N8O/c1-11-6-20(23,24)10-35(15(11)7-31-17-9-30-16(8-32-17)21(25,26)27)19(36)14-5-12(22)3-4-13(14)18(33-28)34-29-2/h3-5,8-9,11,15,18,28-29,34H,6-7,10H2,1-2H3,(H,31,32)/t11-,15?,18?/m1/s1. The average Bonchev–Trinajstić information content (AvgIpc) is 2.80. The van der Waals surface area contributed by atoms with E-state index in [1.54, 1.807) is 6.92 Å². The van der Waals surface area contributed by atoms with Gasteiger partial charge >= 0.3 is 6.18 Å². The molecule has 3 atom stereocenters. The molecule has 1 aromatic heterocycles. The zero-order chi connectivity index (χ0) is 26.7. The normalized spacial score (nSPS) is 20.6. The van der Waals surface area contributed by atoms with Crippen LogP contribution in [0.1, 0.15) is 41.1 Å². The van der Waals surface area contributed by atoms with Crippen LogP contribution in [0.4, 0.5) is 27.8 Å². The van der Waals surface area contributed by atoms with Crippen LogP contribution in [-0.4, -0.2) is 52.9 Å². The monoisotopic (exact) mass is 534 g/mol. The molecular weight excluding hydrogens is 511 g/mol. The quantitative estimate of drug-likeness (QED) is 0.225. The van der Waals surface area contributed by atoms with Crippen LogP contribution in [-0.2, 0) is 6.18 Å². The van der Waals surface area contributed by atoms with E-state index < -0.39 is 54.8 Å². The van der Waals surface area contributed by atoms with Crippen molar-refractivity contribution in [3.8, 4) is 0 Å². The van der Waals surface area contributed by atoms with Crippen molar-refractivity contribution in [1.82, 2.24) is 25.7 Å². The number of carbonyl (C=O) groups excluding carboxylic acids is 1. The second-order valence-corrected chi connectivity index (χ2v) is 8.80. The van der Waals surface area contributed by atoms with Crippen molar-refractivity contribution in [2.75, 3.05) is 25.5 Å². The molecule has 36 heavy (non-hydrogen) atoms. The lowest BCUT2D eigenvalue weighted by Crippen LogP contribution is -2.57. The highest BCUT2D eigenvalue weighted by Gasteiger charge is 2.46. The molecule has 0 saturated carbocycles. The Balaban J connectivity index is 1.90. The van der Waals surface area contributed by atoms with Gasteiger partial charge in [-0.3, -0.25) is 10.2 Å². The fourth-order valence-electron chi connectivity index (χ4n) is 4.08. The van der Waals surface area contributed by atoms with E-state index in [1.165, 1.54) is 25.2 Å². The van der Waals surface area contributed by atoms with Crippen LogP contribution in [0.25, 0.3) is 0 Å². The summed E-state index contributed by atoms with van der Waals surface area (Å²) < 4.78 is 67.3. The Kier molecular flexibility index (Phi) is 8.41. The number of hydrogen-bond donors (Lipinski definition) is 4. The molecule has 196 valence electrons. The number of likely N-dealkylation sites (tertiary alicyclic amines) is 1. The van der Waals surface area contributed by atoms with E-state index in [0.717, 1.165) is 11.1 Å². The smallest absolute Gasteiger partial charge is 0.367 e. The topological polar surface area (TPSA) is 118 Å². The van der Waals surface area contributed by atoms with E-state index in [2.05, 4.69) is 31.3 Å². The molecule has 1 amide bonds. The van der Waals surface area contributed by atoms with Gasteiger partial charge in [-0.05, 0) is 25.1 Å². The molecule has 1 aliphatic heterocycles. The zero-order valence-corrected chi connectivity index (χ0v) is 20.0. The molecule has 1 fully saturated rings. The Labute approximate surface area is 208 Å². The molecule has 4 N–H and O–H groups in total. The van der Waals surface area contributed by atoms with Crippen LogP contribution in [0.2, 0.25) is 5.02 Å². The Morgan fingerprint density at radius 2 is 2.06 bits per heavy atom. The Bertz CT molecular complexity index is 1080. The lowest BCUT2D eigenvalue weighted by Gasteiger charge is -2.43. The lowest BCUT2D eigenvalue weighted by molar-refractivity contribution is -0.141. The molecule has 0 radical (unpaired) electrons. The first kappa shape index (κ1) is 27.6. The molecule has 0 aliphatic carbocycles. The largest absolute Gasteiger partial charge is 0.434 e. The highest BCUT2D eigenvalue weighted by molar-refractivity contribution is 6.31. The minimum absolute atomic E-state index is 0.00494. The first-order valence-corrected chi connectivity index (χ1v) is 11.1. The first-order valence-electron chi connectivity index (χ1n) is 10.8. The van der Waals surface area contributed by atoms with Crippen LogP contribution in [0.5, 0.6) is 0 Å². The van der Waals surface area contributed by atoms with Gasteiger partial charge in [0, 0.05) is 29.1 Å². The number of hydrogen-bond acceptors (Lipinski definition) is 8. The fraction of sp³-hybridized carbons (Fsp3) is 0.476. The van der Waals surface area contributed by atoms with Crippen molar-refractivity contribution in [1.29, 1.82) is 5.53 Å². The Morgan fingerprint density at radius 1 is 1.33 bits per heavy atom. The average molecular weight is 535 g/mol. The maximum atomic E-state index is 14.6. The minimum atomic E-state index is -4.65. The second-order valence-electron chi connectivity index (χ2n) is 8.36. The SMILES string of the molecule is CNNC(N=N)c1ccc(Cl)cc1C(=O)N1CC(F)(F)C[C@@H](C)C1CNc1cnc(C(F)(F)F)cn1. The third-order valence-electron chi connectivity index (χ3n) is 5.73. The fourth-order valence-corrected chi connectivity index (χ4v) is 4.25. The summed E-state index contributed by atoms with van der Waals surface area (Å²) in [4.78, 5) is 21.6. The van der Waals surface area contributed by atoms with Crippen molar-refractivity contribution < 1.29 is 26.7 Å². The van der Waals surface area contributed by atoms with Crippen LogP contribution in [0.3, 0.4) is 0 Å². The summed E-state index contributed by atoms with van der Waals surface area (Å²) in [6.45, 7) is 0.608. The van der Waals surface area contributed by atoms with Crippen molar-refractivity contribution in [2.24, 2.45) is 11.0 Å². The molecule has 1 aliphatic rings. The van der Waals surface area contributed by atoms with Gasteiger partial charge in [0.05, 0.1) is 25.0 Å². The van der Waals surface area contributed by atoms with Crippen molar-refractivity contribution >= 4 is 23.3 Å². The number of benzene rings is 1. The van der Waals surface area contributed by atoms with E-state index in [0.29, 0.717) is 6.20 Å². The molecule has 2 unspecified atom stereocenters. The second kappa shape index (κ2) is 11.0. The van der Waals surface area contributed by atoms with Gasteiger partial charge in [-0.15, -0.1) is 0 Å². The molecular formula is C21H24ClF5N8O. The number of anilines is 1. The molecule has 9 nitrogen and oxygen atoms in total. The number of amides is 1. The number of carbonyl (C=O) groups is 1. The number of alkyl halides is 5. The molecule has 0 bridgehead atoms. The van der Waals surface area contributed by atoms with Gasteiger partial charge in [0.2, 0.25) is 0 Å². The van der Waals surface area contributed by atoms with E-state index in [1.807, 2.05) is 0 Å². The van der Waals surface area contributed by atoms with Gasteiger partial charge < -0.3 is 10.2 Å².